The first-order valence-electron chi connectivity index (χ1n) is 5.93. The summed E-state index contributed by atoms with van der Waals surface area (Å²) in [6.45, 7) is 2.63. The smallest absolute Gasteiger partial charge is 0.0620 e. The minimum absolute atomic E-state index is 0.403. The summed E-state index contributed by atoms with van der Waals surface area (Å²) in [6, 6.07) is 11.4. The molecule has 0 bridgehead atoms. The SMILES string of the molecule is CNC(CC1COCCN1)c1ccccc1. The van der Waals surface area contributed by atoms with Gasteiger partial charge in [0, 0.05) is 18.6 Å². The van der Waals surface area contributed by atoms with Gasteiger partial charge in [0.1, 0.15) is 0 Å². The van der Waals surface area contributed by atoms with Gasteiger partial charge in [-0.3, -0.25) is 0 Å². The molecule has 1 saturated heterocycles. The van der Waals surface area contributed by atoms with E-state index in [0.717, 1.165) is 26.2 Å². The minimum Gasteiger partial charge on any atom is -0.379 e. The van der Waals surface area contributed by atoms with Crippen LogP contribution in [0.3, 0.4) is 0 Å². The van der Waals surface area contributed by atoms with Gasteiger partial charge in [-0.05, 0) is 19.0 Å². The number of morpholine rings is 1. The van der Waals surface area contributed by atoms with Crippen molar-refractivity contribution >= 4 is 0 Å². The number of hydrogen-bond acceptors (Lipinski definition) is 3. The minimum atomic E-state index is 0.403. The summed E-state index contributed by atoms with van der Waals surface area (Å²) in [4.78, 5) is 0. The van der Waals surface area contributed by atoms with Crippen molar-refractivity contribution in [3.05, 3.63) is 35.9 Å². The first kappa shape index (κ1) is 11.6. The molecule has 0 amide bonds. The average Bonchev–Trinajstić information content (AvgIpc) is 2.38. The van der Waals surface area contributed by atoms with Gasteiger partial charge in [-0.15, -0.1) is 0 Å². The van der Waals surface area contributed by atoms with Crippen LogP contribution in [-0.2, 0) is 4.74 Å². The molecule has 16 heavy (non-hydrogen) atoms. The standard InChI is InChI=1S/C13H20N2O/c1-14-13(11-5-3-2-4-6-11)9-12-10-16-8-7-15-12/h2-6,12-15H,7-10H2,1H3. The Balaban J connectivity index is 1.94. The zero-order chi connectivity index (χ0) is 11.2. The molecule has 1 aromatic carbocycles. The Labute approximate surface area is 97.2 Å². The number of hydrogen-bond donors (Lipinski definition) is 2. The van der Waals surface area contributed by atoms with Gasteiger partial charge >= 0.3 is 0 Å². The van der Waals surface area contributed by atoms with E-state index >= 15 is 0 Å². The Morgan fingerprint density at radius 1 is 1.44 bits per heavy atom. The molecule has 2 N–H and O–H groups in total. The van der Waals surface area contributed by atoms with E-state index < -0.39 is 0 Å². The Morgan fingerprint density at radius 2 is 2.25 bits per heavy atom. The predicted molar refractivity (Wildman–Crippen MR) is 65.5 cm³/mol. The largest absolute Gasteiger partial charge is 0.379 e. The van der Waals surface area contributed by atoms with Crippen molar-refractivity contribution in [2.45, 2.75) is 18.5 Å². The lowest BCUT2D eigenvalue weighted by Crippen LogP contribution is -2.43. The van der Waals surface area contributed by atoms with Gasteiger partial charge in [-0.25, -0.2) is 0 Å². The molecule has 2 rings (SSSR count). The topological polar surface area (TPSA) is 33.3 Å². The van der Waals surface area contributed by atoms with Gasteiger partial charge in [-0.1, -0.05) is 30.3 Å². The van der Waals surface area contributed by atoms with Gasteiger partial charge in [0.15, 0.2) is 0 Å². The van der Waals surface area contributed by atoms with Crippen LogP contribution in [0.15, 0.2) is 30.3 Å². The van der Waals surface area contributed by atoms with E-state index in [2.05, 4.69) is 41.0 Å². The zero-order valence-corrected chi connectivity index (χ0v) is 9.78. The second kappa shape index (κ2) is 5.99. The molecule has 3 heteroatoms. The quantitative estimate of drug-likeness (QED) is 0.803. The van der Waals surface area contributed by atoms with Gasteiger partial charge in [0.05, 0.1) is 13.2 Å². The molecule has 1 fully saturated rings. The highest BCUT2D eigenvalue weighted by Gasteiger charge is 2.18. The molecule has 88 valence electrons. The van der Waals surface area contributed by atoms with Crippen LogP contribution in [0.5, 0.6) is 0 Å². The van der Waals surface area contributed by atoms with E-state index in [1.54, 1.807) is 0 Å². The Bertz CT molecular complexity index is 296. The summed E-state index contributed by atoms with van der Waals surface area (Å²) >= 11 is 0. The third-order valence-corrected chi connectivity index (χ3v) is 3.07. The lowest BCUT2D eigenvalue weighted by Gasteiger charge is -2.27. The van der Waals surface area contributed by atoms with Crippen molar-refractivity contribution in [2.75, 3.05) is 26.8 Å². The van der Waals surface area contributed by atoms with Crippen molar-refractivity contribution < 1.29 is 4.74 Å². The highest BCUT2D eigenvalue weighted by Crippen LogP contribution is 2.18. The van der Waals surface area contributed by atoms with Crippen LogP contribution in [0.2, 0.25) is 0 Å². The van der Waals surface area contributed by atoms with Gasteiger partial charge in [0.2, 0.25) is 0 Å². The first-order chi connectivity index (χ1) is 7.90. The fourth-order valence-corrected chi connectivity index (χ4v) is 2.16. The molecule has 1 heterocycles. The number of rotatable bonds is 4. The van der Waals surface area contributed by atoms with Crippen LogP contribution in [-0.4, -0.2) is 32.8 Å². The van der Waals surface area contributed by atoms with E-state index in [1.165, 1.54) is 5.56 Å². The number of nitrogens with one attached hydrogen (secondary N) is 2. The monoisotopic (exact) mass is 220 g/mol. The fourth-order valence-electron chi connectivity index (χ4n) is 2.16. The van der Waals surface area contributed by atoms with E-state index in [-0.39, 0.29) is 0 Å². The zero-order valence-electron chi connectivity index (χ0n) is 9.78. The first-order valence-corrected chi connectivity index (χ1v) is 5.93. The Hall–Kier alpha value is -0.900. The molecule has 1 aromatic rings. The summed E-state index contributed by atoms with van der Waals surface area (Å²) in [5, 5.41) is 6.86. The average molecular weight is 220 g/mol. The maximum Gasteiger partial charge on any atom is 0.0620 e. The summed E-state index contributed by atoms with van der Waals surface area (Å²) in [5.41, 5.74) is 1.34. The van der Waals surface area contributed by atoms with Gasteiger partial charge < -0.3 is 15.4 Å². The van der Waals surface area contributed by atoms with E-state index in [9.17, 15) is 0 Å². The Kier molecular flexibility index (Phi) is 4.34. The van der Waals surface area contributed by atoms with E-state index in [1.807, 2.05) is 7.05 Å². The molecule has 0 spiro atoms. The molecule has 3 nitrogen and oxygen atoms in total. The van der Waals surface area contributed by atoms with E-state index in [0.29, 0.717) is 12.1 Å². The molecule has 2 atom stereocenters. The third-order valence-electron chi connectivity index (χ3n) is 3.07. The van der Waals surface area contributed by atoms with Crippen LogP contribution in [0, 0.1) is 0 Å². The molecule has 1 aliphatic rings. The highest BCUT2D eigenvalue weighted by molar-refractivity contribution is 5.19. The maximum atomic E-state index is 5.47. The van der Waals surface area contributed by atoms with Crippen LogP contribution in [0.4, 0.5) is 0 Å². The number of ether oxygens (including phenoxy) is 1. The van der Waals surface area contributed by atoms with Crippen molar-refractivity contribution in [3.63, 3.8) is 0 Å². The molecular weight excluding hydrogens is 200 g/mol. The molecule has 2 unspecified atom stereocenters. The molecule has 0 saturated carbocycles. The fraction of sp³-hybridized carbons (Fsp3) is 0.538. The second-order valence-corrected chi connectivity index (χ2v) is 4.21. The van der Waals surface area contributed by atoms with Crippen molar-refractivity contribution in [1.29, 1.82) is 0 Å². The molecular formula is C13H20N2O. The maximum absolute atomic E-state index is 5.47. The van der Waals surface area contributed by atoms with Crippen LogP contribution in [0.1, 0.15) is 18.0 Å². The normalized spacial score (nSPS) is 22.9. The Morgan fingerprint density at radius 3 is 2.88 bits per heavy atom. The lowest BCUT2D eigenvalue weighted by molar-refractivity contribution is 0.0708. The van der Waals surface area contributed by atoms with Crippen LogP contribution >= 0.6 is 0 Å². The second-order valence-electron chi connectivity index (χ2n) is 4.21. The molecule has 1 aliphatic heterocycles. The van der Waals surface area contributed by atoms with E-state index in [4.69, 9.17) is 4.74 Å². The molecule has 0 aliphatic carbocycles. The van der Waals surface area contributed by atoms with Crippen LogP contribution < -0.4 is 10.6 Å². The number of benzene rings is 1. The summed E-state index contributed by atoms with van der Waals surface area (Å²) < 4.78 is 5.47. The third kappa shape index (κ3) is 3.04. The summed E-state index contributed by atoms with van der Waals surface area (Å²) in [7, 11) is 2.02. The predicted octanol–water partition coefficient (Wildman–Crippen LogP) is 1.33. The van der Waals surface area contributed by atoms with Crippen LogP contribution in [0.25, 0.3) is 0 Å². The van der Waals surface area contributed by atoms with Crippen molar-refractivity contribution in [3.8, 4) is 0 Å². The molecule has 0 radical (unpaired) electrons. The van der Waals surface area contributed by atoms with Crippen molar-refractivity contribution in [1.82, 2.24) is 10.6 Å². The summed E-state index contributed by atoms with van der Waals surface area (Å²) in [5.74, 6) is 0. The van der Waals surface area contributed by atoms with Crippen molar-refractivity contribution in [2.24, 2.45) is 0 Å². The lowest BCUT2D eigenvalue weighted by atomic mass is 9.99. The molecule has 0 aromatic heterocycles. The van der Waals surface area contributed by atoms with Gasteiger partial charge in [0.25, 0.3) is 0 Å². The highest BCUT2D eigenvalue weighted by atomic mass is 16.5. The summed E-state index contributed by atoms with van der Waals surface area (Å²) in [6.07, 6.45) is 1.07. The van der Waals surface area contributed by atoms with Gasteiger partial charge in [-0.2, -0.15) is 0 Å².